The van der Waals surface area contributed by atoms with Crippen LogP contribution in [0.3, 0.4) is 0 Å². The van der Waals surface area contributed by atoms with Crippen LogP contribution in [0, 0.1) is 5.92 Å². The standard InChI is InChI=1S/C17H17NO3S/c1-21-17(20)14-10-13(9-11-5-3-2-4-6-11)22-16(14)18-15(19)12-7-8-12/h2-6,10,12H,7-9H2,1H3,(H,18,19). The molecule has 0 unspecified atom stereocenters. The van der Waals surface area contributed by atoms with E-state index in [4.69, 9.17) is 4.74 Å². The molecule has 4 nitrogen and oxygen atoms in total. The quantitative estimate of drug-likeness (QED) is 0.860. The molecule has 5 heteroatoms. The lowest BCUT2D eigenvalue weighted by molar-refractivity contribution is -0.117. The number of hydrogen-bond acceptors (Lipinski definition) is 4. The summed E-state index contributed by atoms with van der Waals surface area (Å²) in [6.45, 7) is 0. The molecule has 1 N–H and O–H groups in total. The summed E-state index contributed by atoms with van der Waals surface area (Å²) in [5.74, 6) is -0.315. The fourth-order valence-corrected chi connectivity index (χ4v) is 3.32. The van der Waals surface area contributed by atoms with Gasteiger partial charge in [-0.3, -0.25) is 4.79 Å². The average Bonchev–Trinajstić information content (AvgIpc) is 3.31. The Balaban J connectivity index is 1.83. The van der Waals surface area contributed by atoms with Crippen molar-refractivity contribution in [3.8, 4) is 0 Å². The van der Waals surface area contributed by atoms with Gasteiger partial charge in [0.05, 0.1) is 12.7 Å². The van der Waals surface area contributed by atoms with E-state index in [0.717, 1.165) is 24.1 Å². The van der Waals surface area contributed by atoms with Crippen molar-refractivity contribution < 1.29 is 14.3 Å². The molecule has 1 saturated carbocycles. The third-order valence-electron chi connectivity index (χ3n) is 3.59. The topological polar surface area (TPSA) is 55.4 Å². The number of carbonyl (C=O) groups is 2. The number of hydrogen-bond donors (Lipinski definition) is 1. The molecule has 22 heavy (non-hydrogen) atoms. The van der Waals surface area contributed by atoms with Gasteiger partial charge >= 0.3 is 5.97 Å². The van der Waals surface area contributed by atoms with Gasteiger partial charge < -0.3 is 10.1 Å². The van der Waals surface area contributed by atoms with Crippen molar-refractivity contribution in [2.75, 3.05) is 12.4 Å². The van der Waals surface area contributed by atoms with Crippen molar-refractivity contribution in [3.63, 3.8) is 0 Å². The highest BCUT2D eigenvalue weighted by molar-refractivity contribution is 7.16. The van der Waals surface area contributed by atoms with E-state index >= 15 is 0 Å². The third-order valence-corrected chi connectivity index (χ3v) is 4.64. The Labute approximate surface area is 133 Å². The molecule has 0 saturated heterocycles. The average molecular weight is 315 g/mol. The zero-order valence-corrected chi connectivity index (χ0v) is 13.1. The van der Waals surface area contributed by atoms with Gasteiger partial charge in [-0.25, -0.2) is 4.79 Å². The summed E-state index contributed by atoms with van der Waals surface area (Å²) in [5.41, 5.74) is 1.60. The number of rotatable bonds is 5. The van der Waals surface area contributed by atoms with E-state index in [-0.39, 0.29) is 11.8 Å². The van der Waals surface area contributed by atoms with Crippen molar-refractivity contribution in [2.24, 2.45) is 5.92 Å². The van der Waals surface area contributed by atoms with Crippen molar-refractivity contribution in [3.05, 3.63) is 52.4 Å². The Morgan fingerprint density at radius 1 is 1.27 bits per heavy atom. The van der Waals surface area contributed by atoms with Crippen LogP contribution in [0.15, 0.2) is 36.4 Å². The zero-order valence-electron chi connectivity index (χ0n) is 12.3. The van der Waals surface area contributed by atoms with Gasteiger partial charge in [-0.2, -0.15) is 0 Å². The first-order chi connectivity index (χ1) is 10.7. The van der Waals surface area contributed by atoms with Crippen molar-refractivity contribution in [1.29, 1.82) is 0 Å². The minimum absolute atomic E-state index is 0.00161. The van der Waals surface area contributed by atoms with Gasteiger partial charge in [0.1, 0.15) is 5.00 Å². The van der Waals surface area contributed by atoms with Crippen LogP contribution in [0.4, 0.5) is 5.00 Å². The summed E-state index contributed by atoms with van der Waals surface area (Å²) < 4.78 is 4.81. The number of anilines is 1. The molecular weight excluding hydrogens is 298 g/mol. The largest absolute Gasteiger partial charge is 0.465 e. The number of nitrogens with one attached hydrogen (secondary N) is 1. The predicted molar refractivity (Wildman–Crippen MR) is 86.3 cm³/mol. The molecule has 1 heterocycles. The molecule has 0 radical (unpaired) electrons. The Morgan fingerprint density at radius 2 is 2.00 bits per heavy atom. The molecule has 1 aliphatic carbocycles. The van der Waals surface area contributed by atoms with Crippen LogP contribution in [-0.2, 0) is 16.0 Å². The summed E-state index contributed by atoms with van der Waals surface area (Å²) >= 11 is 1.44. The van der Waals surface area contributed by atoms with Gasteiger partial charge in [-0.05, 0) is 24.5 Å². The van der Waals surface area contributed by atoms with Crippen molar-refractivity contribution >= 4 is 28.2 Å². The SMILES string of the molecule is COC(=O)c1cc(Cc2ccccc2)sc1NC(=O)C1CC1. The maximum atomic E-state index is 11.9. The van der Waals surface area contributed by atoms with Crippen LogP contribution in [0.25, 0.3) is 0 Å². The van der Waals surface area contributed by atoms with Crippen molar-refractivity contribution in [2.45, 2.75) is 19.3 Å². The number of carbonyl (C=O) groups excluding carboxylic acids is 2. The van der Waals surface area contributed by atoms with Crippen molar-refractivity contribution in [1.82, 2.24) is 0 Å². The summed E-state index contributed by atoms with van der Waals surface area (Å²) in [6.07, 6.45) is 2.60. The first-order valence-electron chi connectivity index (χ1n) is 7.23. The van der Waals surface area contributed by atoms with E-state index in [9.17, 15) is 9.59 Å². The van der Waals surface area contributed by atoms with Crippen LogP contribution >= 0.6 is 11.3 Å². The Bertz CT molecular complexity index is 689. The zero-order chi connectivity index (χ0) is 15.5. The van der Waals surface area contributed by atoms with E-state index in [0.29, 0.717) is 10.6 Å². The summed E-state index contributed by atoms with van der Waals surface area (Å²) in [4.78, 5) is 24.9. The third kappa shape index (κ3) is 3.36. The number of amides is 1. The Kier molecular flexibility index (Phi) is 4.24. The van der Waals surface area contributed by atoms with E-state index in [1.807, 2.05) is 36.4 Å². The molecule has 3 rings (SSSR count). The maximum Gasteiger partial charge on any atom is 0.340 e. The normalized spacial score (nSPS) is 13.7. The molecule has 0 bridgehead atoms. The molecule has 114 valence electrons. The van der Waals surface area contributed by atoms with Crippen LogP contribution in [-0.4, -0.2) is 19.0 Å². The molecule has 1 aromatic carbocycles. The molecular formula is C17H17NO3S. The molecule has 0 aliphatic heterocycles. The fraction of sp³-hybridized carbons (Fsp3) is 0.294. The van der Waals surface area contributed by atoms with E-state index < -0.39 is 5.97 Å². The second-order valence-corrected chi connectivity index (χ2v) is 6.51. The monoisotopic (exact) mass is 315 g/mol. The molecule has 1 fully saturated rings. The van der Waals surface area contributed by atoms with Gasteiger partial charge in [0.15, 0.2) is 0 Å². The van der Waals surface area contributed by atoms with Gasteiger partial charge in [0.25, 0.3) is 0 Å². The van der Waals surface area contributed by atoms with E-state index in [2.05, 4.69) is 5.32 Å². The Hall–Kier alpha value is -2.14. The van der Waals surface area contributed by atoms with E-state index in [1.54, 1.807) is 0 Å². The van der Waals surface area contributed by atoms with Gasteiger partial charge in [0.2, 0.25) is 5.91 Å². The number of ether oxygens (including phenoxy) is 1. The summed E-state index contributed by atoms with van der Waals surface area (Å²) in [5, 5.41) is 3.46. The van der Waals surface area contributed by atoms with Crippen LogP contribution < -0.4 is 5.32 Å². The van der Waals surface area contributed by atoms with Gasteiger partial charge in [-0.1, -0.05) is 30.3 Å². The first-order valence-corrected chi connectivity index (χ1v) is 8.05. The summed E-state index contributed by atoms with van der Waals surface area (Å²) in [7, 11) is 1.35. The lowest BCUT2D eigenvalue weighted by Crippen LogP contribution is -2.14. The lowest BCUT2D eigenvalue weighted by atomic mass is 10.1. The highest BCUT2D eigenvalue weighted by Gasteiger charge is 2.31. The Morgan fingerprint density at radius 3 is 2.64 bits per heavy atom. The smallest absolute Gasteiger partial charge is 0.340 e. The predicted octanol–water partition coefficient (Wildman–Crippen LogP) is 3.47. The van der Waals surface area contributed by atoms with Crippen LogP contribution in [0.2, 0.25) is 0 Å². The second-order valence-electron chi connectivity index (χ2n) is 5.37. The highest BCUT2D eigenvalue weighted by Crippen LogP contribution is 2.34. The first kappa shape index (κ1) is 14.8. The van der Waals surface area contributed by atoms with E-state index in [1.165, 1.54) is 24.0 Å². The number of methoxy groups -OCH3 is 1. The molecule has 0 atom stereocenters. The van der Waals surface area contributed by atoms with Gasteiger partial charge in [-0.15, -0.1) is 11.3 Å². The fourth-order valence-electron chi connectivity index (χ4n) is 2.24. The minimum Gasteiger partial charge on any atom is -0.465 e. The molecule has 1 aliphatic rings. The number of thiophene rings is 1. The number of benzene rings is 1. The molecule has 1 amide bonds. The lowest BCUT2D eigenvalue weighted by Gasteiger charge is -2.03. The molecule has 2 aromatic rings. The van der Waals surface area contributed by atoms with Gasteiger partial charge in [0, 0.05) is 17.2 Å². The minimum atomic E-state index is -0.415. The number of esters is 1. The van der Waals surface area contributed by atoms with Crippen LogP contribution in [0.5, 0.6) is 0 Å². The summed E-state index contributed by atoms with van der Waals surface area (Å²) in [6, 6.07) is 11.8. The second kappa shape index (κ2) is 6.32. The highest BCUT2D eigenvalue weighted by atomic mass is 32.1. The molecule has 0 spiro atoms. The molecule has 1 aromatic heterocycles. The van der Waals surface area contributed by atoms with Crippen LogP contribution in [0.1, 0.15) is 33.6 Å². The maximum absolute atomic E-state index is 11.9.